The van der Waals surface area contributed by atoms with Crippen molar-refractivity contribution in [1.29, 1.82) is 0 Å². The van der Waals surface area contributed by atoms with E-state index in [1.807, 2.05) is 0 Å². The van der Waals surface area contributed by atoms with Gasteiger partial charge in [-0.25, -0.2) is 0 Å². The summed E-state index contributed by atoms with van der Waals surface area (Å²) in [5.74, 6) is 4.37. The van der Waals surface area contributed by atoms with Gasteiger partial charge in [-0.3, -0.25) is 9.59 Å². The molecular formula is C15H22O5. The van der Waals surface area contributed by atoms with Gasteiger partial charge in [0, 0.05) is 13.0 Å². The lowest BCUT2D eigenvalue weighted by atomic mass is 9.99. The van der Waals surface area contributed by atoms with Crippen LogP contribution in [0.2, 0.25) is 0 Å². The minimum absolute atomic E-state index is 0.141. The molecule has 1 saturated heterocycles. The zero-order chi connectivity index (χ0) is 14.8. The van der Waals surface area contributed by atoms with Crippen LogP contribution in [0.4, 0.5) is 0 Å². The molecule has 0 amide bonds. The summed E-state index contributed by atoms with van der Waals surface area (Å²) in [6.45, 7) is 2.45. The molecule has 0 radical (unpaired) electrons. The van der Waals surface area contributed by atoms with Gasteiger partial charge in [-0.15, -0.1) is 5.92 Å². The molecule has 112 valence electrons. The molecule has 0 spiro atoms. The lowest BCUT2D eigenvalue weighted by molar-refractivity contribution is -0.154. The lowest BCUT2D eigenvalue weighted by Crippen LogP contribution is -2.23. The van der Waals surface area contributed by atoms with E-state index in [9.17, 15) is 9.59 Å². The molecule has 20 heavy (non-hydrogen) atoms. The highest BCUT2D eigenvalue weighted by Crippen LogP contribution is 2.13. The molecule has 5 heteroatoms. The van der Waals surface area contributed by atoms with E-state index in [0.29, 0.717) is 19.4 Å². The Morgan fingerprint density at radius 3 is 2.75 bits per heavy atom. The predicted molar refractivity (Wildman–Crippen MR) is 72.7 cm³/mol. The molecule has 1 aliphatic rings. The normalized spacial score (nSPS) is 19.6. The molecule has 0 aromatic heterocycles. The molecule has 0 aromatic rings. The summed E-state index contributed by atoms with van der Waals surface area (Å²) in [5.41, 5.74) is 0. The van der Waals surface area contributed by atoms with Gasteiger partial charge in [0.1, 0.15) is 18.3 Å². The first-order valence-corrected chi connectivity index (χ1v) is 6.92. The third-order valence-electron chi connectivity index (χ3n) is 3.14. The van der Waals surface area contributed by atoms with E-state index in [1.54, 1.807) is 0 Å². The van der Waals surface area contributed by atoms with Crippen LogP contribution in [-0.4, -0.2) is 38.4 Å². The SMILES string of the molecule is COC(=O)C(CCC#CCOC1CCCCO1)C(C)=O. The van der Waals surface area contributed by atoms with E-state index in [2.05, 4.69) is 16.6 Å². The van der Waals surface area contributed by atoms with Gasteiger partial charge in [-0.1, -0.05) is 5.92 Å². The molecule has 2 unspecified atom stereocenters. The molecule has 1 fully saturated rings. The molecular weight excluding hydrogens is 260 g/mol. The van der Waals surface area contributed by atoms with Crippen molar-refractivity contribution in [2.75, 3.05) is 20.3 Å². The average Bonchev–Trinajstić information content (AvgIpc) is 2.46. The number of esters is 1. The van der Waals surface area contributed by atoms with Gasteiger partial charge >= 0.3 is 5.97 Å². The highest BCUT2D eigenvalue weighted by atomic mass is 16.7. The Bertz CT molecular complexity index is 373. The van der Waals surface area contributed by atoms with Gasteiger partial charge in [-0.2, -0.15) is 0 Å². The molecule has 5 nitrogen and oxygen atoms in total. The highest BCUT2D eigenvalue weighted by Gasteiger charge is 2.22. The van der Waals surface area contributed by atoms with Crippen molar-refractivity contribution in [1.82, 2.24) is 0 Å². The Balaban J connectivity index is 2.20. The molecule has 1 aliphatic heterocycles. The summed E-state index contributed by atoms with van der Waals surface area (Å²) in [5, 5.41) is 0. The Labute approximate surface area is 120 Å². The first kappa shape index (κ1) is 16.7. The van der Waals surface area contributed by atoms with Crippen molar-refractivity contribution in [3.8, 4) is 11.8 Å². The predicted octanol–water partition coefficient (Wildman–Crippen LogP) is 1.69. The van der Waals surface area contributed by atoms with Crippen molar-refractivity contribution < 1.29 is 23.8 Å². The maximum absolute atomic E-state index is 11.3. The van der Waals surface area contributed by atoms with E-state index in [1.165, 1.54) is 14.0 Å². The fourth-order valence-corrected chi connectivity index (χ4v) is 1.96. The van der Waals surface area contributed by atoms with Gasteiger partial charge in [0.15, 0.2) is 6.29 Å². The maximum atomic E-state index is 11.3. The molecule has 0 N–H and O–H groups in total. The summed E-state index contributed by atoms with van der Waals surface area (Å²) >= 11 is 0. The molecule has 0 saturated carbocycles. The van der Waals surface area contributed by atoms with Crippen LogP contribution in [0.3, 0.4) is 0 Å². The van der Waals surface area contributed by atoms with Crippen LogP contribution in [0.25, 0.3) is 0 Å². The molecule has 0 bridgehead atoms. The second-order valence-corrected chi connectivity index (χ2v) is 4.69. The zero-order valence-corrected chi connectivity index (χ0v) is 12.1. The largest absolute Gasteiger partial charge is 0.468 e. The van der Waals surface area contributed by atoms with Crippen molar-refractivity contribution in [3.05, 3.63) is 0 Å². The summed E-state index contributed by atoms with van der Waals surface area (Å²) in [7, 11) is 1.28. The molecule has 0 aliphatic carbocycles. The van der Waals surface area contributed by atoms with Crippen LogP contribution in [0.5, 0.6) is 0 Å². The Kier molecular flexibility index (Phi) is 7.93. The van der Waals surface area contributed by atoms with Crippen molar-refractivity contribution in [2.24, 2.45) is 5.92 Å². The van der Waals surface area contributed by atoms with Crippen LogP contribution >= 0.6 is 0 Å². The zero-order valence-electron chi connectivity index (χ0n) is 12.1. The number of carbonyl (C=O) groups excluding carboxylic acids is 2. The number of ether oxygens (including phenoxy) is 3. The third-order valence-corrected chi connectivity index (χ3v) is 3.14. The topological polar surface area (TPSA) is 61.8 Å². The number of hydrogen-bond acceptors (Lipinski definition) is 5. The second-order valence-electron chi connectivity index (χ2n) is 4.69. The lowest BCUT2D eigenvalue weighted by Gasteiger charge is -2.21. The minimum atomic E-state index is -0.711. The van der Waals surface area contributed by atoms with Gasteiger partial charge < -0.3 is 14.2 Å². The Morgan fingerprint density at radius 1 is 1.35 bits per heavy atom. The van der Waals surface area contributed by atoms with E-state index >= 15 is 0 Å². The van der Waals surface area contributed by atoms with E-state index in [4.69, 9.17) is 9.47 Å². The number of carbonyl (C=O) groups is 2. The fourth-order valence-electron chi connectivity index (χ4n) is 1.96. The summed E-state index contributed by atoms with van der Waals surface area (Å²) in [6, 6.07) is 0. The fraction of sp³-hybridized carbons (Fsp3) is 0.733. The number of hydrogen-bond donors (Lipinski definition) is 0. The number of Topliss-reactive ketones (excluding diaryl/α,β-unsaturated/α-hetero) is 1. The minimum Gasteiger partial charge on any atom is -0.468 e. The second kappa shape index (κ2) is 9.51. The maximum Gasteiger partial charge on any atom is 0.316 e. The van der Waals surface area contributed by atoms with E-state index in [0.717, 1.165) is 25.9 Å². The van der Waals surface area contributed by atoms with Gasteiger partial charge in [0.2, 0.25) is 0 Å². The van der Waals surface area contributed by atoms with Crippen molar-refractivity contribution >= 4 is 11.8 Å². The standard InChI is InChI=1S/C15H22O5/c1-12(16)13(15(17)18-2)8-4-3-6-10-19-14-9-5-7-11-20-14/h13-14H,4-5,7-11H2,1-2H3. The number of methoxy groups -OCH3 is 1. The summed E-state index contributed by atoms with van der Waals surface area (Å²) in [6.07, 6.45) is 3.83. The first-order chi connectivity index (χ1) is 9.65. The molecule has 2 atom stereocenters. The van der Waals surface area contributed by atoms with Crippen LogP contribution in [-0.2, 0) is 23.8 Å². The van der Waals surface area contributed by atoms with Crippen LogP contribution in [0.1, 0.15) is 39.0 Å². The third kappa shape index (κ3) is 6.18. The van der Waals surface area contributed by atoms with E-state index in [-0.39, 0.29) is 12.1 Å². The van der Waals surface area contributed by atoms with E-state index < -0.39 is 11.9 Å². The van der Waals surface area contributed by atoms with Crippen molar-refractivity contribution in [3.63, 3.8) is 0 Å². The van der Waals surface area contributed by atoms with Crippen LogP contribution < -0.4 is 0 Å². The van der Waals surface area contributed by atoms with Crippen LogP contribution in [0.15, 0.2) is 0 Å². The number of rotatable bonds is 6. The monoisotopic (exact) mass is 282 g/mol. The van der Waals surface area contributed by atoms with Gasteiger partial charge in [0.25, 0.3) is 0 Å². The highest BCUT2D eigenvalue weighted by molar-refractivity contribution is 5.97. The van der Waals surface area contributed by atoms with Crippen molar-refractivity contribution in [2.45, 2.75) is 45.3 Å². The van der Waals surface area contributed by atoms with Crippen LogP contribution in [0, 0.1) is 17.8 Å². The van der Waals surface area contributed by atoms with Gasteiger partial charge in [0.05, 0.1) is 7.11 Å². The van der Waals surface area contributed by atoms with Gasteiger partial charge in [-0.05, 0) is 32.6 Å². The summed E-state index contributed by atoms with van der Waals surface area (Å²) in [4.78, 5) is 22.6. The Morgan fingerprint density at radius 2 is 2.15 bits per heavy atom. The number of ketones is 1. The quantitative estimate of drug-likeness (QED) is 0.421. The smallest absolute Gasteiger partial charge is 0.316 e. The molecule has 1 rings (SSSR count). The first-order valence-electron chi connectivity index (χ1n) is 6.92. The molecule has 1 heterocycles. The molecule has 0 aromatic carbocycles. The Hall–Kier alpha value is -1.38. The summed E-state index contributed by atoms with van der Waals surface area (Å²) < 4.78 is 15.4. The average molecular weight is 282 g/mol.